The third kappa shape index (κ3) is 7.28. The standard InChI is InChI=1S/C29H45N5/c1-5-9-11-13-16-22(7-3)26-20-28(33-31-26)24-18-15-19-25(30-24)29-21-27(32-34-29)23(8-4)17-14-12-10-6-2/h15,18-23H,5-14,16-17H2,1-4H3,(H,31,33)(H,32,34). The fourth-order valence-electron chi connectivity index (χ4n) is 4.87. The smallest absolute Gasteiger partial charge is 0.111 e. The summed E-state index contributed by atoms with van der Waals surface area (Å²) in [6.45, 7) is 9.07. The van der Waals surface area contributed by atoms with Gasteiger partial charge in [-0.05, 0) is 49.9 Å². The Morgan fingerprint density at radius 3 is 1.50 bits per heavy atom. The maximum Gasteiger partial charge on any atom is 0.111 e. The summed E-state index contributed by atoms with van der Waals surface area (Å²) in [6.07, 6.45) is 15.1. The molecule has 0 amide bonds. The van der Waals surface area contributed by atoms with E-state index in [9.17, 15) is 0 Å². The summed E-state index contributed by atoms with van der Waals surface area (Å²) >= 11 is 0. The molecule has 2 unspecified atom stereocenters. The molecular formula is C29H45N5. The Hall–Kier alpha value is -2.43. The van der Waals surface area contributed by atoms with Crippen LogP contribution in [0.4, 0.5) is 0 Å². The van der Waals surface area contributed by atoms with Crippen LogP contribution in [0.25, 0.3) is 22.8 Å². The minimum Gasteiger partial charge on any atom is -0.282 e. The number of H-pyrrole nitrogens is 2. The number of nitrogens with zero attached hydrogens (tertiary/aromatic N) is 3. The molecule has 0 radical (unpaired) electrons. The van der Waals surface area contributed by atoms with E-state index in [0.29, 0.717) is 11.8 Å². The summed E-state index contributed by atoms with van der Waals surface area (Å²) in [5, 5.41) is 15.8. The van der Waals surface area contributed by atoms with Crippen molar-refractivity contribution < 1.29 is 0 Å². The zero-order valence-electron chi connectivity index (χ0n) is 21.9. The van der Waals surface area contributed by atoms with Gasteiger partial charge in [-0.15, -0.1) is 0 Å². The van der Waals surface area contributed by atoms with Crippen molar-refractivity contribution in [3.8, 4) is 22.8 Å². The van der Waals surface area contributed by atoms with Crippen molar-refractivity contribution in [1.29, 1.82) is 0 Å². The SMILES string of the molecule is CCCCCCC(CC)c1cc(-c2cccc(-c3cc(C(CC)CCCCCC)[nH]n3)n2)n[nH]1. The Morgan fingerprint density at radius 1 is 0.618 bits per heavy atom. The molecule has 2 atom stereocenters. The van der Waals surface area contributed by atoms with Gasteiger partial charge < -0.3 is 0 Å². The van der Waals surface area contributed by atoms with Gasteiger partial charge in [0.15, 0.2) is 0 Å². The number of rotatable bonds is 16. The lowest BCUT2D eigenvalue weighted by Crippen LogP contribution is -1.98. The summed E-state index contributed by atoms with van der Waals surface area (Å²) in [4.78, 5) is 4.92. The molecule has 3 rings (SSSR count). The van der Waals surface area contributed by atoms with Gasteiger partial charge in [0.05, 0.1) is 11.4 Å². The first-order chi connectivity index (χ1) is 16.7. The fourth-order valence-corrected chi connectivity index (χ4v) is 4.87. The van der Waals surface area contributed by atoms with Crippen molar-refractivity contribution >= 4 is 0 Å². The van der Waals surface area contributed by atoms with Crippen LogP contribution in [0.2, 0.25) is 0 Å². The van der Waals surface area contributed by atoms with Crippen LogP contribution in [0, 0.1) is 0 Å². The second kappa shape index (κ2) is 14.1. The van der Waals surface area contributed by atoms with Crippen LogP contribution in [0.15, 0.2) is 30.3 Å². The van der Waals surface area contributed by atoms with E-state index in [2.05, 4.69) is 66.3 Å². The fraction of sp³-hybridized carbons (Fsp3) is 0.621. The van der Waals surface area contributed by atoms with Crippen LogP contribution < -0.4 is 0 Å². The lowest BCUT2D eigenvalue weighted by Gasteiger charge is -2.12. The lowest BCUT2D eigenvalue weighted by atomic mass is 9.94. The van der Waals surface area contributed by atoms with Crippen LogP contribution in [-0.4, -0.2) is 25.4 Å². The highest BCUT2D eigenvalue weighted by molar-refractivity contribution is 5.62. The van der Waals surface area contributed by atoms with Gasteiger partial charge in [0.1, 0.15) is 11.4 Å². The van der Waals surface area contributed by atoms with Crippen LogP contribution in [0.3, 0.4) is 0 Å². The van der Waals surface area contributed by atoms with Crippen molar-refractivity contribution in [2.45, 2.75) is 117 Å². The second-order valence-corrected chi connectivity index (χ2v) is 9.73. The molecule has 0 aromatic carbocycles. The molecular weight excluding hydrogens is 418 g/mol. The van der Waals surface area contributed by atoms with E-state index in [1.807, 2.05) is 12.1 Å². The van der Waals surface area contributed by atoms with E-state index in [-0.39, 0.29) is 0 Å². The maximum atomic E-state index is 4.92. The second-order valence-electron chi connectivity index (χ2n) is 9.73. The van der Waals surface area contributed by atoms with E-state index in [0.717, 1.165) is 35.6 Å². The maximum absolute atomic E-state index is 4.92. The summed E-state index contributed by atoms with van der Waals surface area (Å²) < 4.78 is 0. The Morgan fingerprint density at radius 2 is 1.09 bits per heavy atom. The number of nitrogens with one attached hydrogen (secondary N) is 2. The molecule has 5 heteroatoms. The first-order valence-electron chi connectivity index (χ1n) is 13.8. The highest BCUT2D eigenvalue weighted by atomic mass is 15.1. The van der Waals surface area contributed by atoms with Gasteiger partial charge in [0.2, 0.25) is 0 Å². The molecule has 3 aromatic heterocycles. The summed E-state index contributed by atoms with van der Waals surface area (Å²) in [5.74, 6) is 1.08. The quantitative estimate of drug-likeness (QED) is 0.208. The highest BCUT2D eigenvalue weighted by Crippen LogP contribution is 2.30. The molecule has 0 spiro atoms. The molecule has 186 valence electrons. The van der Waals surface area contributed by atoms with E-state index in [4.69, 9.17) is 4.98 Å². The van der Waals surface area contributed by atoms with E-state index in [1.165, 1.54) is 75.6 Å². The largest absolute Gasteiger partial charge is 0.282 e. The topological polar surface area (TPSA) is 70.2 Å². The zero-order chi connectivity index (χ0) is 24.2. The van der Waals surface area contributed by atoms with E-state index < -0.39 is 0 Å². The molecule has 0 aliphatic rings. The minimum absolute atomic E-state index is 0.540. The predicted octanol–water partition coefficient (Wildman–Crippen LogP) is 8.79. The highest BCUT2D eigenvalue weighted by Gasteiger charge is 2.16. The third-order valence-corrected chi connectivity index (χ3v) is 7.15. The molecule has 0 aliphatic carbocycles. The molecule has 0 aliphatic heterocycles. The van der Waals surface area contributed by atoms with Crippen molar-refractivity contribution in [2.24, 2.45) is 0 Å². The van der Waals surface area contributed by atoms with Gasteiger partial charge in [-0.1, -0.05) is 85.1 Å². The van der Waals surface area contributed by atoms with Gasteiger partial charge in [-0.25, -0.2) is 4.98 Å². The Labute approximate surface area is 206 Å². The van der Waals surface area contributed by atoms with Crippen molar-refractivity contribution in [1.82, 2.24) is 25.4 Å². The number of hydrogen-bond donors (Lipinski definition) is 2. The van der Waals surface area contributed by atoms with E-state index >= 15 is 0 Å². The minimum atomic E-state index is 0.540. The van der Waals surface area contributed by atoms with Crippen molar-refractivity contribution in [2.75, 3.05) is 0 Å². The van der Waals surface area contributed by atoms with Crippen molar-refractivity contribution in [3.05, 3.63) is 41.7 Å². The molecule has 3 aromatic rings. The number of unbranched alkanes of at least 4 members (excludes halogenated alkanes) is 6. The van der Waals surface area contributed by atoms with Gasteiger partial charge >= 0.3 is 0 Å². The summed E-state index contributed by atoms with van der Waals surface area (Å²) in [7, 11) is 0. The monoisotopic (exact) mass is 463 g/mol. The molecule has 2 N–H and O–H groups in total. The molecule has 34 heavy (non-hydrogen) atoms. The average molecular weight is 464 g/mol. The van der Waals surface area contributed by atoms with E-state index in [1.54, 1.807) is 0 Å². The van der Waals surface area contributed by atoms with Gasteiger partial charge in [-0.2, -0.15) is 10.2 Å². The summed E-state index contributed by atoms with van der Waals surface area (Å²) in [5.41, 5.74) is 6.10. The van der Waals surface area contributed by atoms with Crippen LogP contribution in [0.1, 0.15) is 128 Å². The first-order valence-corrected chi connectivity index (χ1v) is 13.8. The number of hydrogen-bond acceptors (Lipinski definition) is 3. The van der Waals surface area contributed by atoms with Gasteiger partial charge in [0.25, 0.3) is 0 Å². The molecule has 0 bridgehead atoms. The number of aromatic amines is 2. The summed E-state index contributed by atoms with van der Waals surface area (Å²) in [6, 6.07) is 10.5. The Balaban J connectivity index is 1.68. The molecule has 5 nitrogen and oxygen atoms in total. The molecule has 0 saturated carbocycles. The van der Waals surface area contributed by atoms with Crippen LogP contribution in [0.5, 0.6) is 0 Å². The molecule has 0 saturated heterocycles. The lowest BCUT2D eigenvalue weighted by molar-refractivity contribution is 0.532. The zero-order valence-corrected chi connectivity index (χ0v) is 21.9. The van der Waals surface area contributed by atoms with Gasteiger partial charge in [-0.3, -0.25) is 10.2 Å². The average Bonchev–Trinajstić information content (AvgIpc) is 3.55. The van der Waals surface area contributed by atoms with Crippen molar-refractivity contribution in [3.63, 3.8) is 0 Å². The molecule has 0 fully saturated rings. The first kappa shape index (κ1) is 26.2. The molecule has 3 heterocycles. The number of pyridine rings is 1. The predicted molar refractivity (Wildman–Crippen MR) is 143 cm³/mol. The van der Waals surface area contributed by atoms with Crippen LogP contribution >= 0.6 is 0 Å². The third-order valence-electron chi connectivity index (χ3n) is 7.15. The Bertz CT molecular complexity index is 883. The van der Waals surface area contributed by atoms with Crippen LogP contribution in [-0.2, 0) is 0 Å². The number of aromatic nitrogens is 5. The Kier molecular flexibility index (Phi) is 10.8. The normalized spacial score (nSPS) is 13.3. The van der Waals surface area contributed by atoms with Gasteiger partial charge in [0, 0.05) is 23.2 Å².